The van der Waals surface area contributed by atoms with E-state index in [4.69, 9.17) is 0 Å². The Labute approximate surface area is 125 Å². The lowest BCUT2D eigenvalue weighted by atomic mass is 10.1. The molecule has 1 unspecified atom stereocenters. The van der Waals surface area contributed by atoms with Crippen LogP contribution in [0.4, 0.5) is 17.6 Å². The summed E-state index contributed by atoms with van der Waals surface area (Å²) in [5.74, 6) is -1.61. The maximum atomic E-state index is 14.0. The molecule has 118 valence electrons. The van der Waals surface area contributed by atoms with Gasteiger partial charge in [-0.2, -0.15) is 24.9 Å². The molecule has 0 bridgehead atoms. The van der Waals surface area contributed by atoms with E-state index in [1.54, 1.807) is 0 Å². The van der Waals surface area contributed by atoms with E-state index in [2.05, 4.69) is 0 Å². The molecule has 1 aromatic carbocycles. The monoisotopic (exact) mass is 323 g/mol. The minimum Gasteiger partial charge on any atom is -0.338 e. The molecule has 1 atom stereocenters. The molecular formula is C14H17F4NOS. The maximum Gasteiger partial charge on any atom is 0.419 e. The molecule has 1 rings (SSSR count). The van der Waals surface area contributed by atoms with Crippen LogP contribution < -0.4 is 0 Å². The standard InChI is InChI=1S/C14H17F4NOS/c1-4-9(8-21-3)19(2)13(20)10-6-5-7-11(12(10)15)14(16,17)18/h5-7,9H,4,8H2,1-3H3. The van der Waals surface area contributed by atoms with Crippen molar-refractivity contribution < 1.29 is 22.4 Å². The zero-order chi connectivity index (χ0) is 16.2. The fourth-order valence-electron chi connectivity index (χ4n) is 1.97. The van der Waals surface area contributed by atoms with Crippen LogP contribution in [-0.2, 0) is 6.18 Å². The zero-order valence-electron chi connectivity index (χ0n) is 12.0. The molecule has 1 amide bonds. The van der Waals surface area contributed by atoms with Crippen molar-refractivity contribution in [2.45, 2.75) is 25.6 Å². The second-order valence-electron chi connectivity index (χ2n) is 4.60. The molecule has 0 aliphatic rings. The minimum absolute atomic E-state index is 0.151. The fourth-order valence-corrected chi connectivity index (χ4v) is 2.81. The van der Waals surface area contributed by atoms with Gasteiger partial charge in [0.2, 0.25) is 0 Å². The SMILES string of the molecule is CCC(CSC)N(C)C(=O)c1cccc(C(F)(F)F)c1F. The molecule has 0 saturated carbocycles. The number of alkyl halides is 3. The van der Waals surface area contributed by atoms with E-state index in [0.29, 0.717) is 18.2 Å². The van der Waals surface area contributed by atoms with Gasteiger partial charge in [0, 0.05) is 18.8 Å². The van der Waals surface area contributed by atoms with Crippen LogP contribution in [0.15, 0.2) is 18.2 Å². The van der Waals surface area contributed by atoms with E-state index in [-0.39, 0.29) is 6.04 Å². The van der Waals surface area contributed by atoms with E-state index >= 15 is 0 Å². The Hall–Kier alpha value is -1.24. The maximum absolute atomic E-state index is 14.0. The lowest BCUT2D eigenvalue weighted by molar-refractivity contribution is -0.140. The van der Waals surface area contributed by atoms with Crippen LogP contribution in [0.1, 0.15) is 29.3 Å². The number of carbonyl (C=O) groups excluding carboxylic acids is 1. The largest absolute Gasteiger partial charge is 0.419 e. The topological polar surface area (TPSA) is 20.3 Å². The molecule has 0 aliphatic carbocycles. The first-order valence-corrected chi connectivity index (χ1v) is 7.75. The van der Waals surface area contributed by atoms with Crippen molar-refractivity contribution in [3.05, 3.63) is 35.1 Å². The highest BCUT2D eigenvalue weighted by molar-refractivity contribution is 7.98. The van der Waals surface area contributed by atoms with Crippen LogP contribution in [0.3, 0.4) is 0 Å². The molecule has 0 radical (unpaired) electrons. The highest BCUT2D eigenvalue weighted by Gasteiger charge is 2.36. The molecule has 1 aromatic rings. The molecule has 2 nitrogen and oxygen atoms in total. The summed E-state index contributed by atoms with van der Waals surface area (Å²) in [5.41, 5.74) is -1.97. The Bertz CT molecular complexity index is 504. The van der Waals surface area contributed by atoms with Gasteiger partial charge in [0.05, 0.1) is 11.1 Å². The Morgan fingerprint density at radius 1 is 1.38 bits per heavy atom. The molecule has 0 spiro atoms. The van der Waals surface area contributed by atoms with Crippen molar-refractivity contribution >= 4 is 17.7 Å². The van der Waals surface area contributed by atoms with Gasteiger partial charge < -0.3 is 4.90 Å². The molecule has 0 fully saturated rings. The van der Waals surface area contributed by atoms with Gasteiger partial charge in [0.25, 0.3) is 5.91 Å². The van der Waals surface area contributed by atoms with Crippen LogP contribution in [0, 0.1) is 5.82 Å². The molecule has 7 heteroatoms. The van der Waals surface area contributed by atoms with Gasteiger partial charge in [-0.15, -0.1) is 0 Å². The molecular weight excluding hydrogens is 306 g/mol. The van der Waals surface area contributed by atoms with Gasteiger partial charge in [0.1, 0.15) is 5.82 Å². The number of hydrogen-bond donors (Lipinski definition) is 0. The quantitative estimate of drug-likeness (QED) is 0.762. The number of thioether (sulfide) groups is 1. The first kappa shape index (κ1) is 17.8. The summed E-state index contributed by atoms with van der Waals surface area (Å²) in [5, 5.41) is 0. The number of benzene rings is 1. The van der Waals surface area contributed by atoms with Crippen LogP contribution in [0.5, 0.6) is 0 Å². The molecule has 0 heterocycles. The van der Waals surface area contributed by atoms with Crippen molar-refractivity contribution in [1.82, 2.24) is 4.90 Å². The minimum atomic E-state index is -4.82. The summed E-state index contributed by atoms with van der Waals surface area (Å²) in [6.45, 7) is 1.87. The van der Waals surface area contributed by atoms with Gasteiger partial charge in [0.15, 0.2) is 0 Å². The van der Waals surface area contributed by atoms with Crippen LogP contribution in [0.25, 0.3) is 0 Å². The molecule has 0 aromatic heterocycles. The fraction of sp³-hybridized carbons (Fsp3) is 0.500. The number of hydrogen-bond acceptors (Lipinski definition) is 2. The Morgan fingerprint density at radius 3 is 2.48 bits per heavy atom. The van der Waals surface area contributed by atoms with Crippen molar-refractivity contribution in [3.63, 3.8) is 0 Å². The van der Waals surface area contributed by atoms with Crippen molar-refractivity contribution in [2.24, 2.45) is 0 Å². The van der Waals surface area contributed by atoms with Crippen LogP contribution in [0.2, 0.25) is 0 Å². The average Bonchev–Trinajstić information content (AvgIpc) is 2.42. The van der Waals surface area contributed by atoms with Gasteiger partial charge >= 0.3 is 6.18 Å². The van der Waals surface area contributed by atoms with Crippen molar-refractivity contribution in [1.29, 1.82) is 0 Å². The second-order valence-corrected chi connectivity index (χ2v) is 5.51. The smallest absolute Gasteiger partial charge is 0.338 e. The molecule has 0 aliphatic heterocycles. The Kier molecular flexibility index (Phi) is 6.07. The second kappa shape index (κ2) is 7.15. The Morgan fingerprint density at radius 2 is 2.00 bits per heavy atom. The van der Waals surface area contributed by atoms with E-state index in [0.717, 1.165) is 12.1 Å². The lowest BCUT2D eigenvalue weighted by Gasteiger charge is -2.27. The number of carbonyl (C=O) groups is 1. The zero-order valence-corrected chi connectivity index (χ0v) is 12.8. The van der Waals surface area contributed by atoms with Gasteiger partial charge in [-0.25, -0.2) is 4.39 Å². The van der Waals surface area contributed by atoms with Crippen molar-refractivity contribution in [2.75, 3.05) is 19.1 Å². The highest BCUT2D eigenvalue weighted by Crippen LogP contribution is 2.32. The number of halogens is 4. The summed E-state index contributed by atoms with van der Waals surface area (Å²) in [6.07, 6.45) is -2.31. The first-order valence-electron chi connectivity index (χ1n) is 6.35. The first-order chi connectivity index (χ1) is 9.73. The van der Waals surface area contributed by atoms with E-state index in [9.17, 15) is 22.4 Å². The summed E-state index contributed by atoms with van der Waals surface area (Å²) in [4.78, 5) is 13.5. The number of rotatable bonds is 5. The number of nitrogens with zero attached hydrogens (tertiary/aromatic N) is 1. The average molecular weight is 323 g/mol. The molecule has 0 saturated heterocycles. The van der Waals surface area contributed by atoms with E-state index in [1.165, 1.54) is 23.7 Å². The molecule has 0 N–H and O–H groups in total. The van der Waals surface area contributed by atoms with Crippen LogP contribution >= 0.6 is 11.8 Å². The van der Waals surface area contributed by atoms with Gasteiger partial charge in [-0.3, -0.25) is 4.79 Å². The predicted octanol–water partition coefficient (Wildman–Crippen LogP) is 4.06. The summed E-state index contributed by atoms with van der Waals surface area (Å²) in [6, 6.07) is 2.60. The Balaban J connectivity index is 3.13. The summed E-state index contributed by atoms with van der Waals surface area (Å²) >= 11 is 1.52. The summed E-state index contributed by atoms with van der Waals surface area (Å²) in [7, 11) is 1.48. The van der Waals surface area contributed by atoms with Crippen LogP contribution in [-0.4, -0.2) is 35.9 Å². The lowest BCUT2D eigenvalue weighted by Crippen LogP contribution is -2.38. The molecule has 21 heavy (non-hydrogen) atoms. The third-order valence-electron chi connectivity index (χ3n) is 3.23. The van der Waals surface area contributed by atoms with Gasteiger partial charge in [-0.1, -0.05) is 13.0 Å². The van der Waals surface area contributed by atoms with E-state index < -0.39 is 29.0 Å². The predicted molar refractivity (Wildman–Crippen MR) is 76.0 cm³/mol. The third kappa shape index (κ3) is 4.12. The van der Waals surface area contributed by atoms with E-state index in [1.807, 2.05) is 13.2 Å². The van der Waals surface area contributed by atoms with Gasteiger partial charge in [-0.05, 0) is 24.8 Å². The summed E-state index contributed by atoms with van der Waals surface area (Å²) < 4.78 is 52.0. The van der Waals surface area contributed by atoms with Crippen molar-refractivity contribution in [3.8, 4) is 0 Å². The highest BCUT2D eigenvalue weighted by atomic mass is 32.2. The third-order valence-corrected chi connectivity index (χ3v) is 3.95. The normalized spacial score (nSPS) is 13.1. The number of amides is 1.